The zero-order chi connectivity index (χ0) is 20.5. The number of alkyl halides is 3. The van der Waals surface area contributed by atoms with Gasteiger partial charge in [-0.3, -0.25) is 0 Å². The lowest BCUT2D eigenvalue weighted by atomic mass is 9.78. The third-order valence-electron chi connectivity index (χ3n) is 5.32. The molecule has 1 aliphatic carbocycles. The van der Waals surface area contributed by atoms with Gasteiger partial charge in [0, 0.05) is 24.0 Å². The molecule has 2 atom stereocenters. The molecule has 9 heteroatoms. The Bertz CT molecular complexity index is 818. The SMILES string of the molecule is CCC(O)c1nc(-c2cnc(N)c(OC(F)(F)F)c2)cn1[C@@H](CC)C1CCC1. The molecule has 1 fully saturated rings. The maximum absolute atomic E-state index is 12.6. The van der Waals surface area contributed by atoms with Gasteiger partial charge in [-0.05, 0) is 37.7 Å². The molecule has 1 aliphatic rings. The second-order valence-electron chi connectivity index (χ2n) is 7.14. The molecule has 0 saturated heterocycles. The van der Waals surface area contributed by atoms with Gasteiger partial charge in [0.2, 0.25) is 0 Å². The predicted molar refractivity (Wildman–Crippen MR) is 98.5 cm³/mol. The Labute approximate surface area is 161 Å². The zero-order valence-electron chi connectivity index (χ0n) is 15.9. The molecule has 0 radical (unpaired) electrons. The van der Waals surface area contributed by atoms with Crippen LogP contribution < -0.4 is 10.5 Å². The van der Waals surface area contributed by atoms with Gasteiger partial charge in [-0.1, -0.05) is 20.3 Å². The molecule has 28 heavy (non-hydrogen) atoms. The van der Waals surface area contributed by atoms with Gasteiger partial charge in [-0.25, -0.2) is 9.97 Å². The van der Waals surface area contributed by atoms with Crippen LogP contribution in [-0.4, -0.2) is 26.0 Å². The highest BCUT2D eigenvalue weighted by Gasteiger charge is 2.33. The molecule has 0 aromatic carbocycles. The highest BCUT2D eigenvalue weighted by Crippen LogP contribution is 2.40. The number of ether oxygens (including phenoxy) is 1. The van der Waals surface area contributed by atoms with Crippen LogP contribution in [0.25, 0.3) is 11.3 Å². The lowest BCUT2D eigenvalue weighted by molar-refractivity contribution is -0.274. The van der Waals surface area contributed by atoms with E-state index in [1.54, 1.807) is 6.20 Å². The number of nitrogens with two attached hydrogens (primary N) is 1. The minimum absolute atomic E-state index is 0.193. The molecule has 0 bridgehead atoms. The summed E-state index contributed by atoms with van der Waals surface area (Å²) in [5, 5.41) is 10.4. The third-order valence-corrected chi connectivity index (χ3v) is 5.32. The van der Waals surface area contributed by atoms with E-state index >= 15 is 0 Å². The van der Waals surface area contributed by atoms with Crippen LogP contribution in [0.15, 0.2) is 18.5 Å². The van der Waals surface area contributed by atoms with Crippen molar-refractivity contribution in [3.63, 3.8) is 0 Å². The molecule has 2 aromatic heterocycles. The molecule has 0 aliphatic heterocycles. The second kappa shape index (κ2) is 7.98. The summed E-state index contributed by atoms with van der Waals surface area (Å²) < 4.78 is 43.8. The van der Waals surface area contributed by atoms with E-state index in [1.165, 1.54) is 18.7 Å². The first-order chi connectivity index (χ1) is 13.2. The van der Waals surface area contributed by atoms with Gasteiger partial charge in [-0.2, -0.15) is 0 Å². The minimum atomic E-state index is -4.87. The number of aromatic nitrogens is 3. The van der Waals surface area contributed by atoms with E-state index in [0.29, 0.717) is 29.4 Å². The summed E-state index contributed by atoms with van der Waals surface area (Å²) in [7, 11) is 0. The van der Waals surface area contributed by atoms with E-state index in [0.717, 1.165) is 19.3 Å². The van der Waals surface area contributed by atoms with E-state index in [-0.39, 0.29) is 11.9 Å². The third kappa shape index (κ3) is 4.24. The number of hydrogen-bond acceptors (Lipinski definition) is 5. The summed E-state index contributed by atoms with van der Waals surface area (Å²) in [4.78, 5) is 8.34. The quantitative estimate of drug-likeness (QED) is 0.711. The molecule has 154 valence electrons. The van der Waals surface area contributed by atoms with E-state index in [4.69, 9.17) is 5.73 Å². The standard InChI is InChI=1S/C19H25F3N4O2/c1-3-14(11-6-5-7-11)26-10-13(25-18(26)15(27)4-2)12-8-16(17(23)24-9-12)28-19(20,21)22/h8-11,14-15,27H,3-7H2,1-2H3,(H2,23,24)/t14-,15?/m0/s1. The first-order valence-corrected chi connectivity index (χ1v) is 9.52. The summed E-state index contributed by atoms with van der Waals surface area (Å²) in [5.41, 5.74) is 6.29. The largest absolute Gasteiger partial charge is 0.573 e. The molecule has 3 N–H and O–H groups in total. The van der Waals surface area contributed by atoms with Crippen molar-refractivity contribution in [2.75, 3.05) is 5.73 Å². The monoisotopic (exact) mass is 398 g/mol. The van der Waals surface area contributed by atoms with Gasteiger partial charge in [0.25, 0.3) is 0 Å². The van der Waals surface area contributed by atoms with E-state index in [1.807, 2.05) is 11.5 Å². The average Bonchev–Trinajstić information content (AvgIpc) is 3.02. The van der Waals surface area contributed by atoms with Crippen LogP contribution in [0.4, 0.5) is 19.0 Å². The summed E-state index contributed by atoms with van der Waals surface area (Å²) >= 11 is 0. The van der Waals surface area contributed by atoms with Crippen molar-refractivity contribution in [1.82, 2.24) is 14.5 Å². The first-order valence-electron chi connectivity index (χ1n) is 9.52. The number of rotatable bonds is 7. The summed E-state index contributed by atoms with van der Waals surface area (Å²) in [6.07, 6.45) is 2.33. The molecule has 3 rings (SSSR count). The fourth-order valence-electron chi connectivity index (χ4n) is 3.63. The van der Waals surface area contributed by atoms with E-state index in [2.05, 4.69) is 21.6 Å². The van der Waals surface area contributed by atoms with Crippen LogP contribution >= 0.6 is 0 Å². The highest BCUT2D eigenvalue weighted by molar-refractivity contribution is 5.63. The Hall–Kier alpha value is -2.29. The second-order valence-corrected chi connectivity index (χ2v) is 7.14. The van der Waals surface area contributed by atoms with Gasteiger partial charge in [0.15, 0.2) is 11.6 Å². The molecule has 1 saturated carbocycles. The van der Waals surface area contributed by atoms with Crippen molar-refractivity contribution >= 4 is 5.82 Å². The Balaban J connectivity index is 2.01. The molecule has 0 spiro atoms. The number of nitrogen functional groups attached to an aromatic ring is 1. The van der Waals surface area contributed by atoms with Crippen LogP contribution in [-0.2, 0) is 0 Å². The molecule has 1 unspecified atom stereocenters. The van der Waals surface area contributed by atoms with Crippen LogP contribution in [0.3, 0.4) is 0 Å². The lowest BCUT2D eigenvalue weighted by Crippen LogP contribution is -2.26. The van der Waals surface area contributed by atoms with Crippen molar-refractivity contribution in [2.24, 2.45) is 5.92 Å². The number of anilines is 1. The van der Waals surface area contributed by atoms with Crippen molar-refractivity contribution in [3.8, 4) is 17.0 Å². The number of nitrogens with zero attached hydrogens (tertiary/aromatic N) is 3. The maximum Gasteiger partial charge on any atom is 0.573 e. The van der Waals surface area contributed by atoms with Crippen molar-refractivity contribution in [2.45, 2.75) is 64.5 Å². The Morgan fingerprint density at radius 1 is 1.32 bits per heavy atom. The smallest absolute Gasteiger partial charge is 0.402 e. The highest BCUT2D eigenvalue weighted by atomic mass is 19.4. The number of aliphatic hydroxyl groups is 1. The van der Waals surface area contributed by atoms with E-state index < -0.39 is 18.2 Å². The summed E-state index contributed by atoms with van der Waals surface area (Å²) in [6, 6.07) is 1.37. The van der Waals surface area contributed by atoms with Crippen molar-refractivity contribution < 1.29 is 23.0 Å². The van der Waals surface area contributed by atoms with Crippen molar-refractivity contribution in [3.05, 3.63) is 24.3 Å². The normalized spacial score (nSPS) is 17.2. The lowest BCUT2D eigenvalue weighted by Gasteiger charge is -2.35. The first kappa shape index (κ1) is 20.4. The van der Waals surface area contributed by atoms with Crippen LogP contribution in [0, 0.1) is 5.92 Å². The fourth-order valence-corrected chi connectivity index (χ4v) is 3.63. The maximum atomic E-state index is 12.6. The van der Waals surface area contributed by atoms with E-state index in [9.17, 15) is 18.3 Å². The zero-order valence-corrected chi connectivity index (χ0v) is 15.9. The van der Waals surface area contributed by atoms with Gasteiger partial charge >= 0.3 is 6.36 Å². The molecule has 6 nitrogen and oxygen atoms in total. The Morgan fingerprint density at radius 3 is 2.57 bits per heavy atom. The van der Waals surface area contributed by atoms with Crippen LogP contribution in [0.1, 0.15) is 63.9 Å². The molecular formula is C19H25F3N4O2. The van der Waals surface area contributed by atoms with Crippen LogP contribution in [0.2, 0.25) is 0 Å². The summed E-state index contributed by atoms with van der Waals surface area (Å²) in [6.45, 7) is 3.94. The number of aliphatic hydroxyl groups excluding tert-OH is 1. The Kier molecular flexibility index (Phi) is 5.83. The molecule has 2 aromatic rings. The van der Waals surface area contributed by atoms with Crippen molar-refractivity contribution in [1.29, 1.82) is 0 Å². The van der Waals surface area contributed by atoms with Gasteiger partial charge in [0.1, 0.15) is 11.9 Å². The molecular weight excluding hydrogens is 373 g/mol. The number of hydrogen-bond donors (Lipinski definition) is 2. The van der Waals surface area contributed by atoms with Gasteiger partial charge in [0.05, 0.1) is 5.69 Å². The Morgan fingerprint density at radius 2 is 2.04 bits per heavy atom. The van der Waals surface area contributed by atoms with Gasteiger partial charge < -0.3 is 20.1 Å². The fraction of sp³-hybridized carbons (Fsp3) is 0.579. The molecule has 2 heterocycles. The predicted octanol–water partition coefficient (Wildman–Crippen LogP) is 4.62. The topological polar surface area (TPSA) is 86.2 Å². The molecule has 0 amide bonds. The summed E-state index contributed by atoms with van der Waals surface area (Å²) in [5.74, 6) is 0.119. The average molecular weight is 398 g/mol. The van der Waals surface area contributed by atoms with Gasteiger partial charge in [-0.15, -0.1) is 13.2 Å². The number of imidazole rings is 1. The minimum Gasteiger partial charge on any atom is -0.402 e. The number of halogens is 3. The number of pyridine rings is 1. The van der Waals surface area contributed by atoms with Crippen LogP contribution in [0.5, 0.6) is 5.75 Å².